The van der Waals surface area contributed by atoms with E-state index in [2.05, 4.69) is 10.3 Å². The van der Waals surface area contributed by atoms with E-state index in [9.17, 15) is 9.59 Å². The van der Waals surface area contributed by atoms with Gasteiger partial charge in [0.2, 0.25) is 0 Å². The van der Waals surface area contributed by atoms with Gasteiger partial charge in [-0.25, -0.2) is 0 Å². The Balaban J connectivity index is 2.43. The Kier molecular flexibility index (Phi) is 3.29. The highest BCUT2D eigenvalue weighted by molar-refractivity contribution is 6.07. The Labute approximate surface area is 110 Å². The van der Waals surface area contributed by atoms with Crippen LogP contribution >= 0.6 is 0 Å². The first-order valence-corrected chi connectivity index (χ1v) is 6.03. The van der Waals surface area contributed by atoms with Crippen molar-refractivity contribution in [2.45, 2.75) is 26.8 Å². The Morgan fingerprint density at radius 3 is 2.63 bits per heavy atom. The molecular weight excluding hydrogens is 244 g/mol. The molecule has 0 saturated heterocycles. The number of H-pyrrole nitrogens is 1. The van der Waals surface area contributed by atoms with Crippen LogP contribution in [0, 0.1) is 13.8 Å². The molecule has 100 valence electrons. The van der Waals surface area contributed by atoms with Gasteiger partial charge in [-0.1, -0.05) is 12.1 Å². The van der Waals surface area contributed by atoms with Crippen molar-refractivity contribution in [3.63, 3.8) is 0 Å². The van der Waals surface area contributed by atoms with Gasteiger partial charge in [-0.3, -0.25) is 9.59 Å². The van der Waals surface area contributed by atoms with Crippen molar-refractivity contribution in [2.24, 2.45) is 0 Å². The molecule has 0 saturated carbocycles. The van der Waals surface area contributed by atoms with E-state index in [4.69, 9.17) is 5.11 Å². The van der Waals surface area contributed by atoms with E-state index in [0.717, 1.165) is 22.2 Å². The number of hydrogen-bond donors (Lipinski definition) is 3. The Bertz CT molecular complexity index is 658. The lowest BCUT2D eigenvalue weighted by molar-refractivity contribution is -0.138. The molecule has 19 heavy (non-hydrogen) atoms. The Morgan fingerprint density at radius 2 is 2.00 bits per heavy atom. The number of carbonyl (C=O) groups is 2. The molecule has 1 aromatic carbocycles. The number of carboxylic acid groups (broad SMARTS) is 1. The van der Waals surface area contributed by atoms with Crippen LogP contribution in [0.3, 0.4) is 0 Å². The maximum absolute atomic E-state index is 12.1. The first-order chi connectivity index (χ1) is 8.91. The highest BCUT2D eigenvalue weighted by Crippen LogP contribution is 2.24. The molecule has 0 bridgehead atoms. The monoisotopic (exact) mass is 260 g/mol. The molecule has 0 radical (unpaired) electrons. The summed E-state index contributed by atoms with van der Waals surface area (Å²) in [5.41, 5.74) is 3.30. The second-order valence-electron chi connectivity index (χ2n) is 4.64. The van der Waals surface area contributed by atoms with Crippen LogP contribution in [0.25, 0.3) is 10.9 Å². The van der Waals surface area contributed by atoms with Gasteiger partial charge in [-0.2, -0.15) is 0 Å². The highest BCUT2D eigenvalue weighted by Gasteiger charge is 2.18. The Hall–Kier alpha value is -2.30. The molecule has 0 aliphatic carbocycles. The molecule has 5 heteroatoms. The predicted octanol–water partition coefficient (Wildman–Crippen LogP) is 1.99. The normalized spacial score (nSPS) is 12.4. The molecule has 0 aliphatic rings. The number of fused-ring (bicyclic) bond motifs is 1. The Morgan fingerprint density at radius 1 is 1.32 bits per heavy atom. The minimum Gasteiger partial charge on any atom is -0.480 e. The zero-order valence-corrected chi connectivity index (χ0v) is 11.1. The molecule has 2 aromatic rings. The standard InChI is InChI=1S/C14H16N2O3/c1-7-8(2)15-12-10(7)5-4-6-11(12)13(17)16-9(3)14(18)19/h4-6,9,15H,1-3H3,(H,16,17)(H,18,19)/t9-/m1/s1. The zero-order valence-electron chi connectivity index (χ0n) is 11.1. The average molecular weight is 260 g/mol. The molecule has 1 aromatic heterocycles. The van der Waals surface area contributed by atoms with E-state index in [1.165, 1.54) is 6.92 Å². The predicted molar refractivity (Wildman–Crippen MR) is 72.3 cm³/mol. The van der Waals surface area contributed by atoms with Crippen LogP contribution in [0.15, 0.2) is 18.2 Å². The maximum atomic E-state index is 12.1. The van der Waals surface area contributed by atoms with Crippen LogP contribution in [0.2, 0.25) is 0 Å². The van der Waals surface area contributed by atoms with E-state index in [-0.39, 0.29) is 5.91 Å². The number of aromatic nitrogens is 1. The number of para-hydroxylation sites is 1. The van der Waals surface area contributed by atoms with E-state index in [1.807, 2.05) is 19.9 Å². The lowest BCUT2D eigenvalue weighted by atomic mass is 10.1. The molecule has 3 N–H and O–H groups in total. The average Bonchev–Trinajstić information content (AvgIpc) is 2.65. The summed E-state index contributed by atoms with van der Waals surface area (Å²) in [6.45, 7) is 5.36. The van der Waals surface area contributed by atoms with Gasteiger partial charge in [0, 0.05) is 11.1 Å². The van der Waals surface area contributed by atoms with Crippen LogP contribution in [-0.4, -0.2) is 28.0 Å². The molecule has 0 spiro atoms. The van der Waals surface area contributed by atoms with E-state index >= 15 is 0 Å². The zero-order chi connectivity index (χ0) is 14.2. The van der Waals surface area contributed by atoms with Crippen molar-refractivity contribution >= 4 is 22.8 Å². The minimum atomic E-state index is -1.06. The molecule has 2 rings (SSSR count). The van der Waals surface area contributed by atoms with Gasteiger partial charge in [0.25, 0.3) is 5.91 Å². The topological polar surface area (TPSA) is 82.2 Å². The number of rotatable bonds is 3. The van der Waals surface area contributed by atoms with Crippen LogP contribution in [0.5, 0.6) is 0 Å². The third kappa shape index (κ3) is 2.31. The number of aromatic amines is 1. The first kappa shape index (κ1) is 13.1. The number of carboxylic acids is 1. The molecule has 1 atom stereocenters. The minimum absolute atomic E-state index is 0.387. The number of benzene rings is 1. The van der Waals surface area contributed by atoms with Crippen molar-refractivity contribution < 1.29 is 14.7 Å². The molecule has 1 heterocycles. The van der Waals surface area contributed by atoms with E-state index in [0.29, 0.717) is 5.56 Å². The SMILES string of the molecule is Cc1[nH]c2c(C(=O)N[C@H](C)C(=O)O)cccc2c1C. The summed E-state index contributed by atoms with van der Waals surface area (Å²) >= 11 is 0. The van der Waals surface area contributed by atoms with Crippen LogP contribution in [0.4, 0.5) is 0 Å². The van der Waals surface area contributed by atoms with Crippen molar-refractivity contribution in [1.29, 1.82) is 0 Å². The third-order valence-electron chi connectivity index (χ3n) is 3.31. The van der Waals surface area contributed by atoms with Crippen molar-refractivity contribution in [1.82, 2.24) is 10.3 Å². The molecule has 5 nitrogen and oxygen atoms in total. The van der Waals surface area contributed by atoms with Gasteiger partial charge >= 0.3 is 5.97 Å². The summed E-state index contributed by atoms with van der Waals surface area (Å²) in [5.74, 6) is -1.44. The molecule has 0 unspecified atom stereocenters. The van der Waals surface area contributed by atoms with E-state index < -0.39 is 12.0 Å². The summed E-state index contributed by atoms with van der Waals surface area (Å²) < 4.78 is 0. The van der Waals surface area contributed by atoms with Gasteiger partial charge in [-0.05, 0) is 32.4 Å². The largest absolute Gasteiger partial charge is 0.480 e. The smallest absolute Gasteiger partial charge is 0.325 e. The number of aryl methyl sites for hydroxylation is 2. The van der Waals surface area contributed by atoms with Crippen molar-refractivity contribution in [3.8, 4) is 0 Å². The van der Waals surface area contributed by atoms with Gasteiger partial charge in [0.15, 0.2) is 0 Å². The quantitative estimate of drug-likeness (QED) is 0.789. The lowest BCUT2D eigenvalue weighted by Gasteiger charge is -2.09. The maximum Gasteiger partial charge on any atom is 0.325 e. The fourth-order valence-electron chi connectivity index (χ4n) is 2.01. The van der Waals surface area contributed by atoms with Crippen molar-refractivity contribution in [2.75, 3.05) is 0 Å². The van der Waals surface area contributed by atoms with Gasteiger partial charge in [-0.15, -0.1) is 0 Å². The fourth-order valence-corrected chi connectivity index (χ4v) is 2.01. The number of hydrogen-bond acceptors (Lipinski definition) is 2. The molecule has 0 aliphatic heterocycles. The fraction of sp³-hybridized carbons (Fsp3) is 0.286. The lowest BCUT2D eigenvalue weighted by Crippen LogP contribution is -2.38. The molecule has 1 amide bonds. The third-order valence-corrected chi connectivity index (χ3v) is 3.31. The van der Waals surface area contributed by atoms with Crippen LogP contribution in [0.1, 0.15) is 28.5 Å². The molecular formula is C14H16N2O3. The van der Waals surface area contributed by atoms with Gasteiger partial charge < -0.3 is 15.4 Å². The number of carbonyl (C=O) groups excluding carboxylic acids is 1. The second kappa shape index (κ2) is 4.76. The number of amides is 1. The summed E-state index contributed by atoms with van der Waals surface area (Å²) in [5, 5.41) is 12.3. The number of aliphatic carboxylic acids is 1. The van der Waals surface area contributed by atoms with E-state index in [1.54, 1.807) is 12.1 Å². The van der Waals surface area contributed by atoms with Gasteiger partial charge in [0.1, 0.15) is 6.04 Å². The summed E-state index contributed by atoms with van der Waals surface area (Å²) in [6.07, 6.45) is 0. The highest BCUT2D eigenvalue weighted by atomic mass is 16.4. The second-order valence-corrected chi connectivity index (χ2v) is 4.64. The first-order valence-electron chi connectivity index (χ1n) is 6.03. The van der Waals surface area contributed by atoms with Crippen LogP contribution < -0.4 is 5.32 Å². The summed E-state index contributed by atoms with van der Waals surface area (Å²) in [6, 6.07) is 4.50. The summed E-state index contributed by atoms with van der Waals surface area (Å²) in [7, 11) is 0. The number of nitrogens with one attached hydrogen (secondary N) is 2. The summed E-state index contributed by atoms with van der Waals surface area (Å²) in [4.78, 5) is 26.0. The van der Waals surface area contributed by atoms with Crippen LogP contribution in [-0.2, 0) is 4.79 Å². The van der Waals surface area contributed by atoms with Crippen molar-refractivity contribution in [3.05, 3.63) is 35.0 Å². The molecule has 0 fully saturated rings. The van der Waals surface area contributed by atoms with Gasteiger partial charge in [0.05, 0.1) is 11.1 Å².